The summed E-state index contributed by atoms with van der Waals surface area (Å²) < 4.78 is 0. The summed E-state index contributed by atoms with van der Waals surface area (Å²) >= 11 is 0. The second kappa shape index (κ2) is 175. The van der Waals surface area contributed by atoms with Crippen LogP contribution in [-0.4, -0.2) is 154 Å². The monoisotopic (exact) mass is 496 g/mol. The van der Waals surface area contributed by atoms with E-state index in [0.29, 0.717) is 0 Å². The van der Waals surface area contributed by atoms with Gasteiger partial charge in [-0.15, -0.1) is 32.0 Å². The molecule has 0 aliphatic carbocycles. The summed E-state index contributed by atoms with van der Waals surface area (Å²) in [6.45, 7) is 0. The first-order valence-electron chi connectivity index (χ1n) is 2.19. The molecule has 0 fully saturated rings. The molecule has 0 saturated heterocycles. The Morgan fingerprint density at radius 2 is 0.364 bits per heavy atom. The van der Waals surface area contributed by atoms with Crippen molar-refractivity contribution in [3.63, 3.8) is 0 Å². The molecule has 0 aromatic heterocycles. The molecule has 0 heterocycles. The summed E-state index contributed by atoms with van der Waals surface area (Å²) in [4.78, 5) is 48.0. The molecule has 0 aliphatic heterocycles. The van der Waals surface area contributed by atoms with Crippen LogP contribution in [0.5, 0.6) is 0 Å². The van der Waals surface area contributed by atoms with Gasteiger partial charge in [-0.2, -0.15) is 0 Å². The van der Waals surface area contributed by atoms with Crippen LogP contribution in [0.25, 0.3) is 0 Å². The first-order valence-corrected chi connectivity index (χ1v) is 2.19. The Balaban J connectivity index is -0.00000000947. The molecular formula is K3N6O12Rh-6. The maximum Gasteiger partial charge on any atom is 0 e. The van der Waals surface area contributed by atoms with E-state index in [2.05, 4.69) is 0 Å². The third-order valence-electron chi connectivity index (χ3n) is 0. The van der Waals surface area contributed by atoms with Crippen LogP contribution in [0.15, 0.2) is 32.0 Å². The van der Waals surface area contributed by atoms with Crippen molar-refractivity contribution in [2.24, 2.45) is 32.0 Å². The van der Waals surface area contributed by atoms with Crippen molar-refractivity contribution >= 4 is 154 Å². The van der Waals surface area contributed by atoms with E-state index in [9.17, 15) is 0 Å². The molecule has 18 nitrogen and oxygen atoms in total. The third kappa shape index (κ3) is 2570. The van der Waals surface area contributed by atoms with Crippen LogP contribution >= 0.6 is 0 Å². The van der Waals surface area contributed by atoms with Crippen molar-refractivity contribution in [3.8, 4) is 0 Å². The molecular weight excluding hydrogens is 496 g/mol. The third-order valence-corrected chi connectivity index (χ3v) is 0. The standard InChI is InChI=1S/3K.6HNO2.Rh/c;;;6*2-1-3;/h;;;6*(H,2,3);/p-6. The van der Waals surface area contributed by atoms with Crippen molar-refractivity contribution in [2.45, 2.75) is 0 Å². The fourth-order valence-corrected chi connectivity index (χ4v) is 0. The Morgan fingerprint density at radius 1 is 0.364 bits per heavy atom. The van der Waals surface area contributed by atoms with Gasteiger partial charge in [-0.05, 0) is 0 Å². The molecule has 0 spiro atoms. The van der Waals surface area contributed by atoms with Crippen LogP contribution in [-0.2, 0) is 19.5 Å². The van der Waals surface area contributed by atoms with Gasteiger partial charge in [0.25, 0.3) is 0 Å². The Morgan fingerprint density at radius 3 is 0.364 bits per heavy atom. The molecule has 0 aliphatic rings. The molecule has 0 N–H and O–H groups in total. The molecule has 0 bridgehead atoms. The van der Waals surface area contributed by atoms with Gasteiger partial charge >= 0.3 is 0 Å². The molecule has 0 aromatic carbocycles. The van der Waals surface area contributed by atoms with E-state index < -0.39 is 0 Å². The predicted molar refractivity (Wildman–Crippen MR) is 72.2 cm³/mol. The summed E-state index contributed by atoms with van der Waals surface area (Å²) in [7, 11) is 0. The van der Waals surface area contributed by atoms with Crippen LogP contribution in [0, 0.1) is 60.7 Å². The fourth-order valence-electron chi connectivity index (χ4n) is 0. The van der Waals surface area contributed by atoms with Crippen molar-refractivity contribution < 1.29 is 19.5 Å². The largest absolute Gasteiger partial charge is 0.444 e. The minimum atomic E-state index is 0. The molecule has 0 unspecified atom stereocenters. The van der Waals surface area contributed by atoms with Crippen molar-refractivity contribution in [3.05, 3.63) is 60.7 Å². The Hall–Kier alpha value is 1.93. The SMILES string of the molecule is O=N[O-].O=N[O-].O=N[O-].O=N[O-].O=N[O-].O=N[O-].[K].[K].[K].[Rh]. The normalized spacial score (nSPS) is 3.27. The van der Waals surface area contributed by atoms with E-state index in [1.54, 1.807) is 0 Å². The van der Waals surface area contributed by atoms with Gasteiger partial charge in [0.15, 0.2) is 0 Å². The molecule has 0 rings (SSSR count). The second-order valence-corrected chi connectivity index (χ2v) is 0.447. The zero-order chi connectivity index (χ0) is 16.2. The quantitative estimate of drug-likeness (QED) is 0.249. The van der Waals surface area contributed by atoms with E-state index >= 15 is 0 Å². The van der Waals surface area contributed by atoms with Gasteiger partial charge in [0, 0.05) is 174 Å². The summed E-state index contributed by atoms with van der Waals surface area (Å²) in [5, 5.41) is 54.0. The van der Waals surface area contributed by atoms with E-state index in [-0.39, 0.29) is 174 Å². The van der Waals surface area contributed by atoms with Crippen LogP contribution < -0.4 is 0 Å². The van der Waals surface area contributed by atoms with Gasteiger partial charge in [0.2, 0.25) is 0 Å². The van der Waals surface area contributed by atoms with Crippen LogP contribution in [0.2, 0.25) is 0 Å². The van der Waals surface area contributed by atoms with Gasteiger partial charge in [0.05, 0.1) is 0 Å². The van der Waals surface area contributed by atoms with E-state index in [1.165, 1.54) is 0 Å². The van der Waals surface area contributed by atoms with E-state index in [1.807, 2.05) is 0 Å². The van der Waals surface area contributed by atoms with E-state index in [0.717, 1.165) is 32.0 Å². The van der Waals surface area contributed by atoms with Gasteiger partial charge in [-0.25, -0.2) is 0 Å². The van der Waals surface area contributed by atoms with Crippen LogP contribution in [0.4, 0.5) is 0 Å². The molecule has 0 aromatic rings. The molecule has 22 heavy (non-hydrogen) atoms. The average molecular weight is 496 g/mol. The second-order valence-electron chi connectivity index (χ2n) is 0.447. The molecule has 0 atom stereocenters. The number of rotatable bonds is 0. The number of hydrogen-bond donors (Lipinski definition) is 0. The van der Waals surface area contributed by atoms with E-state index in [4.69, 9.17) is 60.7 Å². The zero-order valence-corrected chi connectivity index (χ0v) is 21.9. The Kier molecular flexibility index (Phi) is 517. The van der Waals surface area contributed by atoms with Crippen molar-refractivity contribution in [2.75, 3.05) is 0 Å². The summed E-state index contributed by atoms with van der Waals surface area (Å²) in [5.74, 6) is 0. The Bertz CT molecular complexity index is 126. The topological polar surface area (TPSA) is 315 Å². The smallest absolute Gasteiger partial charge is 0 e. The molecule has 0 saturated carbocycles. The molecule has 0 amide bonds. The first-order chi connectivity index (χ1) is 8.49. The Labute approximate surface area is 260 Å². The maximum atomic E-state index is 8.00. The van der Waals surface area contributed by atoms with Crippen molar-refractivity contribution in [1.29, 1.82) is 0 Å². The first kappa shape index (κ1) is 64.8. The maximum absolute atomic E-state index is 8.00. The van der Waals surface area contributed by atoms with Gasteiger partial charge in [-0.1, -0.05) is 0 Å². The molecule has 120 valence electrons. The fraction of sp³-hybridized carbons (Fsp3) is 0. The van der Waals surface area contributed by atoms with Gasteiger partial charge in [-0.3, -0.25) is 0 Å². The minimum absolute atomic E-state index is 0. The number of nitrogens with zero attached hydrogens (tertiary/aromatic N) is 6. The van der Waals surface area contributed by atoms with Crippen LogP contribution in [0.1, 0.15) is 0 Å². The molecule has 4 radical (unpaired) electrons. The minimum Gasteiger partial charge on any atom is -0.444 e. The number of hydrogen-bond acceptors (Lipinski definition) is 18. The summed E-state index contributed by atoms with van der Waals surface area (Å²) in [6.07, 6.45) is 0. The summed E-state index contributed by atoms with van der Waals surface area (Å²) in [5.41, 5.74) is 0. The average Bonchev–Trinajstić information content (AvgIpc) is 2.23. The predicted octanol–water partition coefficient (Wildman–Crippen LogP) is 0.359. The van der Waals surface area contributed by atoms with Gasteiger partial charge < -0.3 is 60.7 Å². The van der Waals surface area contributed by atoms with Gasteiger partial charge in [0.1, 0.15) is 0 Å². The van der Waals surface area contributed by atoms with Crippen LogP contribution in [0.3, 0.4) is 0 Å². The zero-order valence-electron chi connectivity index (χ0n) is 10.9. The van der Waals surface area contributed by atoms with Crippen molar-refractivity contribution in [1.82, 2.24) is 0 Å². The summed E-state index contributed by atoms with van der Waals surface area (Å²) in [6, 6.07) is 0. The molecule has 22 heteroatoms.